The molecule has 0 saturated carbocycles. The van der Waals surface area contributed by atoms with Crippen LogP contribution in [0.4, 0.5) is 11.4 Å². The zero-order valence-corrected chi connectivity index (χ0v) is 11.7. The van der Waals surface area contributed by atoms with Crippen molar-refractivity contribution in [2.45, 2.75) is 0 Å². The maximum Gasteiger partial charge on any atom is 0.298 e. The van der Waals surface area contributed by atoms with Crippen LogP contribution in [0.15, 0.2) is 21.1 Å². The average Bonchev–Trinajstić information content (AvgIpc) is 2.11. The average molecular weight is 359 g/mol. The third-order valence-electron chi connectivity index (χ3n) is 1.59. The van der Waals surface area contributed by atoms with Gasteiger partial charge in [0.05, 0.1) is 11.4 Å². The fourth-order valence-corrected chi connectivity index (χ4v) is 2.97. The molecule has 0 spiro atoms. The number of nitrogens with two attached hydrogens (primary N) is 1. The van der Waals surface area contributed by atoms with Crippen LogP contribution in [0.5, 0.6) is 0 Å². The topological polar surface area (TPSA) is 84.2 Å². The molecule has 0 fully saturated rings. The molecule has 0 aromatic heterocycles. The van der Waals surface area contributed by atoms with Crippen LogP contribution >= 0.6 is 31.9 Å². The van der Waals surface area contributed by atoms with E-state index < -0.39 is 10.2 Å². The molecule has 0 atom stereocenters. The van der Waals surface area contributed by atoms with E-state index in [0.29, 0.717) is 15.8 Å². The van der Waals surface area contributed by atoms with Crippen LogP contribution in [0.1, 0.15) is 0 Å². The van der Waals surface area contributed by atoms with Crippen LogP contribution in [-0.4, -0.2) is 15.5 Å². The molecule has 0 aliphatic heterocycles. The Kier molecular flexibility index (Phi) is 3.99. The summed E-state index contributed by atoms with van der Waals surface area (Å²) in [5, 5.41) is 0. The number of halogens is 2. The molecule has 0 bridgehead atoms. The highest BCUT2D eigenvalue weighted by atomic mass is 79.9. The second-order valence-corrected chi connectivity index (χ2v) is 6.05. The lowest BCUT2D eigenvalue weighted by atomic mass is 10.3. The van der Waals surface area contributed by atoms with E-state index in [-0.39, 0.29) is 0 Å². The molecule has 0 aliphatic carbocycles. The zero-order chi connectivity index (χ0) is 11.6. The second kappa shape index (κ2) is 4.69. The molecule has 0 unspecified atom stereocenters. The number of nitrogens with one attached hydrogen (secondary N) is 2. The van der Waals surface area contributed by atoms with Crippen LogP contribution in [0, 0.1) is 0 Å². The lowest BCUT2D eigenvalue weighted by Gasteiger charge is -2.11. The standard InChI is InChI=1S/C7H9Br2N3O2S/c1-11-15(13,14)12-7-5(9)2-4(8)3-6(7)10/h2-3,11-12H,10H2,1H3. The minimum Gasteiger partial charge on any atom is -0.397 e. The number of benzene rings is 1. The lowest BCUT2D eigenvalue weighted by Crippen LogP contribution is -2.27. The van der Waals surface area contributed by atoms with Crippen molar-refractivity contribution < 1.29 is 8.42 Å². The van der Waals surface area contributed by atoms with E-state index in [2.05, 4.69) is 41.3 Å². The first-order valence-electron chi connectivity index (χ1n) is 3.81. The summed E-state index contributed by atoms with van der Waals surface area (Å²) in [5.41, 5.74) is 6.31. The largest absolute Gasteiger partial charge is 0.397 e. The first-order valence-corrected chi connectivity index (χ1v) is 6.88. The molecule has 0 amide bonds. The minimum atomic E-state index is -3.56. The Morgan fingerprint density at radius 2 is 1.93 bits per heavy atom. The van der Waals surface area contributed by atoms with Gasteiger partial charge in [0.15, 0.2) is 0 Å². The van der Waals surface area contributed by atoms with Gasteiger partial charge in [0.1, 0.15) is 0 Å². The molecular weight excluding hydrogens is 350 g/mol. The van der Waals surface area contributed by atoms with Crippen LogP contribution in [0.25, 0.3) is 0 Å². The highest BCUT2D eigenvalue weighted by Gasteiger charge is 2.12. The number of hydrogen-bond donors (Lipinski definition) is 3. The Morgan fingerprint density at radius 3 is 2.40 bits per heavy atom. The van der Waals surface area contributed by atoms with Crippen molar-refractivity contribution in [2.75, 3.05) is 17.5 Å². The van der Waals surface area contributed by atoms with Crippen LogP contribution < -0.4 is 15.2 Å². The van der Waals surface area contributed by atoms with Crippen molar-refractivity contribution in [3.05, 3.63) is 21.1 Å². The summed E-state index contributed by atoms with van der Waals surface area (Å²) in [4.78, 5) is 0. The van der Waals surface area contributed by atoms with Gasteiger partial charge in [0.2, 0.25) is 0 Å². The second-order valence-electron chi connectivity index (χ2n) is 2.66. The normalized spacial score (nSPS) is 11.4. The molecule has 15 heavy (non-hydrogen) atoms. The van der Waals surface area contributed by atoms with Gasteiger partial charge in [-0.2, -0.15) is 8.42 Å². The van der Waals surface area contributed by atoms with Gasteiger partial charge in [-0.1, -0.05) is 15.9 Å². The molecule has 8 heteroatoms. The molecular formula is C7H9Br2N3O2S. The van der Waals surface area contributed by atoms with E-state index >= 15 is 0 Å². The van der Waals surface area contributed by atoms with Crippen molar-refractivity contribution in [2.24, 2.45) is 0 Å². The molecule has 0 aliphatic rings. The van der Waals surface area contributed by atoms with E-state index in [1.54, 1.807) is 12.1 Å². The molecule has 0 radical (unpaired) electrons. The molecule has 0 heterocycles. The molecule has 1 aromatic carbocycles. The van der Waals surface area contributed by atoms with Gasteiger partial charge >= 0.3 is 0 Å². The van der Waals surface area contributed by atoms with Gasteiger partial charge in [0.25, 0.3) is 10.2 Å². The SMILES string of the molecule is CNS(=O)(=O)Nc1c(N)cc(Br)cc1Br. The minimum absolute atomic E-state index is 0.313. The lowest BCUT2D eigenvalue weighted by molar-refractivity contribution is 0.593. The maximum atomic E-state index is 11.2. The fraction of sp³-hybridized carbons (Fsp3) is 0.143. The van der Waals surface area contributed by atoms with Crippen LogP contribution in [0.2, 0.25) is 0 Å². The van der Waals surface area contributed by atoms with Gasteiger partial charge in [-0.25, -0.2) is 4.72 Å². The maximum absolute atomic E-state index is 11.2. The first kappa shape index (κ1) is 12.8. The quantitative estimate of drug-likeness (QED) is 0.718. The predicted molar refractivity (Wildman–Crippen MR) is 67.9 cm³/mol. The Hall–Kier alpha value is -0.310. The van der Waals surface area contributed by atoms with Crippen molar-refractivity contribution in [1.82, 2.24) is 4.72 Å². The van der Waals surface area contributed by atoms with Gasteiger partial charge in [-0.15, -0.1) is 0 Å². The third kappa shape index (κ3) is 3.33. The van der Waals surface area contributed by atoms with Gasteiger partial charge < -0.3 is 5.73 Å². The van der Waals surface area contributed by atoms with Crippen molar-refractivity contribution >= 4 is 53.4 Å². The van der Waals surface area contributed by atoms with Crippen molar-refractivity contribution in [1.29, 1.82) is 0 Å². The molecule has 1 rings (SSSR count). The Labute approximate surface area is 105 Å². The number of hydrogen-bond acceptors (Lipinski definition) is 3. The third-order valence-corrected chi connectivity index (χ3v) is 3.68. The van der Waals surface area contributed by atoms with E-state index in [1.807, 2.05) is 0 Å². The van der Waals surface area contributed by atoms with Crippen LogP contribution in [0.3, 0.4) is 0 Å². The highest BCUT2D eigenvalue weighted by molar-refractivity contribution is 9.11. The van der Waals surface area contributed by atoms with E-state index in [0.717, 1.165) is 4.47 Å². The van der Waals surface area contributed by atoms with Crippen LogP contribution in [-0.2, 0) is 10.2 Å². The predicted octanol–water partition coefficient (Wildman–Crippen LogP) is 1.67. The molecule has 5 nitrogen and oxygen atoms in total. The molecule has 84 valence electrons. The fourth-order valence-electron chi connectivity index (χ4n) is 0.887. The van der Waals surface area contributed by atoms with E-state index in [1.165, 1.54) is 7.05 Å². The monoisotopic (exact) mass is 357 g/mol. The summed E-state index contributed by atoms with van der Waals surface area (Å²) in [5.74, 6) is 0. The number of rotatable bonds is 3. The Bertz CT molecular complexity index is 452. The van der Waals surface area contributed by atoms with Gasteiger partial charge in [0, 0.05) is 16.0 Å². The smallest absolute Gasteiger partial charge is 0.298 e. The molecule has 1 aromatic rings. The summed E-state index contributed by atoms with van der Waals surface area (Å²) in [7, 11) is -2.24. The first-order chi connectivity index (χ1) is 6.85. The summed E-state index contributed by atoms with van der Waals surface area (Å²) >= 11 is 6.46. The zero-order valence-electron chi connectivity index (χ0n) is 7.71. The van der Waals surface area contributed by atoms with E-state index in [9.17, 15) is 8.42 Å². The summed E-state index contributed by atoms with van der Waals surface area (Å²) in [6.45, 7) is 0. The van der Waals surface area contributed by atoms with Gasteiger partial charge in [-0.05, 0) is 28.1 Å². The van der Waals surface area contributed by atoms with Crippen molar-refractivity contribution in [3.63, 3.8) is 0 Å². The summed E-state index contributed by atoms with van der Waals surface area (Å²) < 4.78 is 28.3. The molecule has 4 N–H and O–H groups in total. The molecule has 0 saturated heterocycles. The van der Waals surface area contributed by atoms with Crippen molar-refractivity contribution in [3.8, 4) is 0 Å². The van der Waals surface area contributed by atoms with E-state index in [4.69, 9.17) is 5.73 Å². The summed E-state index contributed by atoms with van der Waals surface area (Å²) in [6, 6.07) is 3.31. The van der Waals surface area contributed by atoms with Gasteiger partial charge in [-0.3, -0.25) is 4.72 Å². The number of nitrogen functional groups attached to an aromatic ring is 1. The Morgan fingerprint density at radius 1 is 1.33 bits per heavy atom. The Balaban J connectivity index is 3.17. The highest BCUT2D eigenvalue weighted by Crippen LogP contribution is 2.32. The number of anilines is 2. The summed E-state index contributed by atoms with van der Waals surface area (Å²) in [6.07, 6.45) is 0.